The molecule has 1 aromatic heterocycles. The lowest BCUT2D eigenvalue weighted by Gasteiger charge is -2.31. The molecule has 12 heteroatoms. The summed E-state index contributed by atoms with van der Waals surface area (Å²) in [5, 5.41) is 9.34. The van der Waals surface area contributed by atoms with Crippen LogP contribution in [0.5, 0.6) is 0 Å². The van der Waals surface area contributed by atoms with E-state index < -0.39 is 12.1 Å². The second kappa shape index (κ2) is 19.7. The van der Waals surface area contributed by atoms with E-state index in [2.05, 4.69) is 25.8 Å². The fourth-order valence-electron chi connectivity index (χ4n) is 5.50. The summed E-state index contributed by atoms with van der Waals surface area (Å²) in [4.78, 5) is 48.7. The van der Waals surface area contributed by atoms with Crippen molar-refractivity contribution in [1.82, 2.24) is 30.7 Å². The molecule has 11 nitrogen and oxygen atoms in total. The van der Waals surface area contributed by atoms with Crippen LogP contribution in [0.15, 0.2) is 72.4 Å². The third kappa shape index (κ3) is 12.9. The number of hydrogen-bond donors (Lipinski definition) is 3. The highest BCUT2D eigenvalue weighted by molar-refractivity contribution is 7.09. The number of aromatic nitrogens is 1. The van der Waals surface area contributed by atoms with Crippen LogP contribution in [0.1, 0.15) is 49.1 Å². The predicted octanol–water partition coefficient (Wildman–Crippen LogP) is 4.63. The number of benzene rings is 2. The highest BCUT2D eigenvalue weighted by Gasteiger charge is 2.27. The lowest BCUT2D eigenvalue weighted by atomic mass is 9.95. The van der Waals surface area contributed by atoms with Gasteiger partial charge in [0.05, 0.1) is 23.6 Å². The Kier molecular flexibility index (Phi) is 15.1. The SMILES string of the molecule is CC(C)N(C)C(=O)N[C@@H](CCN1CCOCC1)C(=O)N[C@@H](CC[C@H](Cc1ccccc1)NC(=O)OCc1cncs1)Cc1ccccc1. The molecule has 1 saturated heterocycles. The summed E-state index contributed by atoms with van der Waals surface area (Å²) < 4.78 is 11.0. The van der Waals surface area contributed by atoms with E-state index in [1.807, 2.05) is 74.5 Å². The maximum Gasteiger partial charge on any atom is 0.407 e. The zero-order valence-electron chi connectivity index (χ0n) is 28.3. The molecule has 1 fully saturated rings. The van der Waals surface area contributed by atoms with E-state index in [4.69, 9.17) is 9.47 Å². The summed E-state index contributed by atoms with van der Waals surface area (Å²) in [7, 11) is 1.73. The minimum Gasteiger partial charge on any atom is -0.444 e. The molecule has 0 spiro atoms. The van der Waals surface area contributed by atoms with Crippen LogP contribution in [0, 0.1) is 0 Å². The number of nitrogens with one attached hydrogen (secondary N) is 3. The molecule has 0 unspecified atom stereocenters. The maximum absolute atomic E-state index is 14.0. The Morgan fingerprint density at radius 3 is 2.06 bits per heavy atom. The number of alkyl carbamates (subject to hydrolysis) is 1. The van der Waals surface area contributed by atoms with Crippen LogP contribution in [0.25, 0.3) is 0 Å². The maximum atomic E-state index is 14.0. The zero-order valence-corrected chi connectivity index (χ0v) is 29.1. The average Bonchev–Trinajstić information content (AvgIpc) is 3.63. The van der Waals surface area contributed by atoms with E-state index in [0.717, 1.165) is 29.1 Å². The van der Waals surface area contributed by atoms with E-state index in [1.54, 1.807) is 23.7 Å². The number of rotatable bonds is 17. The van der Waals surface area contributed by atoms with E-state index in [1.165, 1.54) is 11.3 Å². The van der Waals surface area contributed by atoms with Gasteiger partial charge in [-0.05, 0) is 57.1 Å². The lowest BCUT2D eigenvalue weighted by molar-refractivity contribution is -0.124. The van der Waals surface area contributed by atoms with Crippen LogP contribution in [0.2, 0.25) is 0 Å². The van der Waals surface area contributed by atoms with Gasteiger partial charge in [0.25, 0.3) is 0 Å². The summed E-state index contributed by atoms with van der Waals surface area (Å²) in [6, 6.07) is 18.6. The van der Waals surface area contributed by atoms with Crippen molar-refractivity contribution in [3.05, 3.63) is 88.4 Å². The summed E-state index contributed by atoms with van der Waals surface area (Å²) in [6.45, 7) is 7.63. The van der Waals surface area contributed by atoms with Crippen molar-refractivity contribution >= 4 is 29.4 Å². The number of morpholine rings is 1. The largest absolute Gasteiger partial charge is 0.444 e. The van der Waals surface area contributed by atoms with Gasteiger partial charge in [0.2, 0.25) is 5.91 Å². The van der Waals surface area contributed by atoms with Gasteiger partial charge in [-0.15, -0.1) is 11.3 Å². The molecule has 0 saturated carbocycles. The Hall–Kier alpha value is -4.00. The molecule has 0 bridgehead atoms. The van der Waals surface area contributed by atoms with Crippen LogP contribution < -0.4 is 16.0 Å². The minimum absolute atomic E-state index is 0.0125. The first-order valence-corrected chi connectivity index (χ1v) is 17.7. The third-order valence-corrected chi connectivity index (χ3v) is 9.31. The van der Waals surface area contributed by atoms with Crippen molar-refractivity contribution in [2.24, 2.45) is 0 Å². The van der Waals surface area contributed by atoms with Gasteiger partial charge in [-0.1, -0.05) is 60.7 Å². The highest BCUT2D eigenvalue weighted by Crippen LogP contribution is 2.15. The number of ether oxygens (including phenoxy) is 2. The Morgan fingerprint density at radius 1 is 0.896 bits per heavy atom. The average molecular weight is 679 g/mol. The summed E-state index contributed by atoms with van der Waals surface area (Å²) in [5.41, 5.74) is 3.89. The molecule has 3 aromatic rings. The predicted molar refractivity (Wildman–Crippen MR) is 188 cm³/mol. The first kappa shape index (κ1) is 36.8. The van der Waals surface area contributed by atoms with E-state index in [0.29, 0.717) is 51.9 Å². The van der Waals surface area contributed by atoms with Crippen molar-refractivity contribution in [3.8, 4) is 0 Å². The molecule has 48 heavy (non-hydrogen) atoms. The number of hydrogen-bond acceptors (Lipinski definition) is 8. The molecular weight excluding hydrogens is 629 g/mol. The van der Waals surface area contributed by atoms with Gasteiger partial charge in [-0.25, -0.2) is 9.59 Å². The molecule has 0 aliphatic carbocycles. The van der Waals surface area contributed by atoms with Gasteiger partial charge in [0.15, 0.2) is 0 Å². The number of thiazole rings is 1. The number of carbonyl (C=O) groups excluding carboxylic acids is 3. The standard InChI is InChI=1S/C36H50N6O5S/c1-27(2)41(3)35(44)40-33(16-17-42-18-20-46-21-19-42)34(43)38-30(22-28-10-6-4-7-11-28)14-15-31(23-29-12-8-5-9-13-29)39-36(45)47-25-32-24-37-26-48-32/h4-13,24,26-27,30-31,33H,14-23,25H2,1-3H3,(H,38,43)(H,39,45)(H,40,44)/t30-,31+,33-/m0/s1. The number of nitrogens with zero attached hydrogens (tertiary/aromatic N) is 3. The van der Waals surface area contributed by atoms with Crippen LogP contribution in [-0.4, -0.2) is 96.9 Å². The molecular formula is C36H50N6O5S. The number of amides is 4. The third-order valence-electron chi connectivity index (χ3n) is 8.56. The molecule has 0 radical (unpaired) electrons. The monoisotopic (exact) mass is 678 g/mol. The van der Waals surface area contributed by atoms with E-state index in [9.17, 15) is 14.4 Å². The fraction of sp³-hybridized carbons (Fsp3) is 0.500. The first-order chi connectivity index (χ1) is 23.3. The first-order valence-electron chi connectivity index (χ1n) is 16.8. The van der Waals surface area contributed by atoms with Crippen LogP contribution >= 0.6 is 11.3 Å². The van der Waals surface area contributed by atoms with Crippen LogP contribution in [0.4, 0.5) is 9.59 Å². The van der Waals surface area contributed by atoms with Gasteiger partial charge in [-0.2, -0.15) is 0 Å². The second-order valence-corrected chi connectivity index (χ2v) is 13.5. The van der Waals surface area contributed by atoms with Gasteiger partial charge in [0, 0.05) is 51.0 Å². The van der Waals surface area contributed by atoms with Crippen molar-refractivity contribution in [2.75, 3.05) is 39.9 Å². The van der Waals surface area contributed by atoms with Gasteiger partial charge in [0.1, 0.15) is 12.6 Å². The van der Waals surface area contributed by atoms with E-state index in [-0.39, 0.29) is 36.7 Å². The molecule has 3 atom stereocenters. The normalized spacial score (nSPS) is 15.2. The van der Waals surface area contributed by atoms with Crippen molar-refractivity contribution in [2.45, 2.75) is 76.7 Å². The lowest BCUT2D eigenvalue weighted by Crippen LogP contribution is -2.54. The van der Waals surface area contributed by atoms with Crippen molar-refractivity contribution in [1.29, 1.82) is 0 Å². The number of urea groups is 1. The van der Waals surface area contributed by atoms with Crippen molar-refractivity contribution in [3.63, 3.8) is 0 Å². The molecule has 1 aliphatic rings. The second-order valence-electron chi connectivity index (χ2n) is 12.5. The molecule has 2 aromatic carbocycles. The fourth-order valence-corrected chi connectivity index (χ4v) is 6.01. The minimum atomic E-state index is -0.709. The van der Waals surface area contributed by atoms with Gasteiger partial charge >= 0.3 is 12.1 Å². The smallest absolute Gasteiger partial charge is 0.407 e. The Balaban J connectivity index is 1.46. The molecule has 1 aliphatic heterocycles. The highest BCUT2D eigenvalue weighted by atomic mass is 32.1. The zero-order chi connectivity index (χ0) is 34.1. The topological polar surface area (TPSA) is 125 Å². The van der Waals surface area contributed by atoms with Gasteiger partial charge in [-0.3, -0.25) is 14.7 Å². The van der Waals surface area contributed by atoms with Crippen LogP contribution in [-0.2, 0) is 33.7 Å². The number of carbonyl (C=O) groups is 3. The van der Waals surface area contributed by atoms with E-state index >= 15 is 0 Å². The van der Waals surface area contributed by atoms with Crippen LogP contribution in [0.3, 0.4) is 0 Å². The molecule has 4 amide bonds. The molecule has 4 rings (SSSR count). The summed E-state index contributed by atoms with van der Waals surface area (Å²) in [5.74, 6) is -0.216. The Labute approximate surface area is 288 Å². The molecule has 3 N–H and O–H groups in total. The summed E-state index contributed by atoms with van der Waals surface area (Å²) >= 11 is 1.43. The Morgan fingerprint density at radius 2 is 1.50 bits per heavy atom. The summed E-state index contributed by atoms with van der Waals surface area (Å²) in [6.07, 6.45) is 4.10. The quantitative estimate of drug-likeness (QED) is 0.190. The molecule has 2 heterocycles. The Bertz CT molecular complexity index is 1370. The molecule has 260 valence electrons. The van der Waals surface area contributed by atoms with Crippen molar-refractivity contribution < 1.29 is 23.9 Å². The van der Waals surface area contributed by atoms with Gasteiger partial charge < -0.3 is 30.3 Å².